The lowest BCUT2D eigenvalue weighted by molar-refractivity contribution is -0.137. The number of rotatable bonds is 10. The van der Waals surface area contributed by atoms with Crippen molar-refractivity contribution in [2.75, 3.05) is 0 Å². The Labute approximate surface area is 207 Å². The maximum absolute atomic E-state index is 13.1. The third-order valence-electron chi connectivity index (χ3n) is 5.07. The first-order valence-electron chi connectivity index (χ1n) is 10.7. The molecule has 178 valence electrons. The van der Waals surface area contributed by atoms with Crippen LogP contribution in [0.3, 0.4) is 0 Å². The normalized spacial score (nSPS) is 12.1. The molecule has 0 aliphatic carbocycles. The highest BCUT2D eigenvalue weighted by atomic mass is 35.5. The van der Waals surface area contributed by atoms with Gasteiger partial charge in [-0.15, -0.1) is 11.3 Å². The monoisotopic (exact) mass is 499 g/mol. The summed E-state index contributed by atoms with van der Waals surface area (Å²) in [7, 11) is 0. The van der Waals surface area contributed by atoms with Gasteiger partial charge in [0.1, 0.15) is 6.04 Å². The zero-order valence-corrected chi connectivity index (χ0v) is 20.4. The van der Waals surface area contributed by atoms with Crippen LogP contribution in [0.1, 0.15) is 41.9 Å². The molecule has 1 aromatic carbocycles. The number of carbonyl (C=O) groups excluding carboxylic acids is 2. The van der Waals surface area contributed by atoms with Crippen LogP contribution >= 0.6 is 22.9 Å². The predicted octanol–water partition coefficient (Wildman–Crippen LogP) is 4.56. The number of nitrogens with one attached hydrogen (secondary N) is 2. The number of benzene rings is 1. The average molecular weight is 500 g/mol. The molecule has 2 aromatic heterocycles. The van der Waals surface area contributed by atoms with Crippen molar-refractivity contribution in [1.29, 1.82) is 0 Å². The van der Waals surface area contributed by atoms with Crippen molar-refractivity contribution in [2.24, 2.45) is 0 Å². The Morgan fingerprint density at radius 3 is 2.50 bits per heavy atom. The lowest BCUT2D eigenvalue weighted by Crippen LogP contribution is -2.54. The van der Waals surface area contributed by atoms with Gasteiger partial charge in [-0.1, -0.05) is 29.8 Å². The topological polar surface area (TPSA) is 108 Å². The van der Waals surface area contributed by atoms with Gasteiger partial charge in [0.15, 0.2) is 0 Å². The fourth-order valence-electron chi connectivity index (χ4n) is 3.47. The van der Waals surface area contributed by atoms with Crippen LogP contribution in [-0.2, 0) is 16.0 Å². The van der Waals surface area contributed by atoms with Gasteiger partial charge < -0.3 is 15.7 Å². The average Bonchev–Trinajstić information content (AvgIpc) is 3.28. The van der Waals surface area contributed by atoms with Crippen molar-refractivity contribution in [3.8, 4) is 10.4 Å². The molecule has 1 atom stereocenters. The summed E-state index contributed by atoms with van der Waals surface area (Å²) in [6.07, 6.45) is 3.64. The molecule has 0 radical (unpaired) electrons. The van der Waals surface area contributed by atoms with Gasteiger partial charge in [0.25, 0.3) is 5.91 Å². The molecule has 0 fully saturated rings. The van der Waals surface area contributed by atoms with Gasteiger partial charge in [-0.25, -0.2) is 0 Å². The highest BCUT2D eigenvalue weighted by Crippen LogP contribution is 2.27. The standard InChI is InChI=1S/C25H26ClN3O4S/c1-25(2,14-16-5-7-18(26)8-6-16)29-23(32)19(9-12-22(30)31)28-24(33)21-11-10-20(34-21)17-4-3-13-27-15-17/h3-8,10-11,13,15,19H,9,12,14H2,1-2H3,(H,28,33)(H,29,32)(H,30,31)/t19-/m0/s1. The van der Waals surface area contributed by atoms with E-state index in [1.165, 1.54) is 11.3 Å². The van der Waals surface area contributed by atoms with Crippen molar-refractivity contribution < 1.29 is 19.5 Å². The second-order valence-corrected chi connectivity index (χ2v) is 10.1. The van der Waals surface area contributed by atoms with E-state index in [9.17, 15) is 14.4 Å². The fraction of sp³-hybridized carbons (Fsp3) is 0.280. The minimum atomic E-state index is -1.04. The van der Waals surface area contributed by atoms with E-state index in [0.717, 1.165) is 16.0 Å². The Morgan fingerprint density at radius 1 is 1.12 bits per heavy atom. The molecule has 0 unspecified atom stereocenters. The lowest BCUT2D eigenvalue weighted by Gasteiger charge is -2.29. The number of hydrogen-bond acceptors (Lipinski definition) is 5. The lowest BCUT2D eigenvalue weighted by atomic mass is 9.94. The number of carbonyl (C=O) groups is 3. The Balaban J connectivity index is 1.69. The summed E-state index contributed by atoms with van der Waals surface area (Å²) in [5, 5.41) is 15.4. The van der Waals surface area contributed by atoms with Crippen LogP contribution in [0.5, 0.6) is 0 Å². The summed E-state index contributed by atoms with van der Waals surface area (Å²) in [5.74, 6) is -1.90. The van der Waals surface area contributed by atoms with E-state index in [0.29, 0.717) is 16.3 Å². The second-order valence-electron chi connectivity index (χ2n) is 8.54. The third-order valence-corrected chi connectivity index (χ3v) is 6.45. The van der Waals surface area contributed by atoms with E-state index in [4.69, 9.17) is 16.7 Å². The maximum atomic E-state index is 13.1. The fourth-order valence-corrected chi connectivity index (χ4v) is 4.49. The number of carboxylic acids is 1. The van der Waals surface area contributed by atoms with Gasteiger partial charge in [0.2, 0.25) is 5.91 Å². The number of halogens is 1. The van der Waals surface area contributed by atoms with Crippen LogP contribution in [-0.4, -0.2) is 39.5 Å². The molecular weight excluding hydrogens is 474 g/mol. The minimum absolute atomic E-state index is 0.0230. The Morgan fingerprint density at radius 2 is 1.85 bits per heavy atom. The number of carboxylic acid groups (broad SMARTS) is 1. The molecule has 7 nitrogen and oxygen atoms in total. The van der Waals surface area contributed by atoms with Crippen LogP contribution in [0.4, 0.5) is 0 Å². The number of thiophene rings is 1. The number of pyridine rings is 1. The Kier molecular flexibility index (Phi) is 8.41. The Bertz CT molecular complexity index is 1150. The number of aliphatic carboxylic acids is 1. The van der Waals surface area contributed by atoms with E-state index in [1.54, 1.807) is 30.6 Å². The third kappa shape index (κ3) is 7.40. The molecule has 3 aromatic rings. The Hall–Kier alpha value is -3.23. The van der Waals surface area contributed by atoms with E-state index >= 15 is 0 Å². The molecule has 0 aliphatic heterocycles. The first-order chi connectivity index (χ1) is 16.1. The molecule has 2 heterocycles. The molecule has 0 bridgehead atoms. The zero-order valence-electron chi connectivity index (χ0n) is 18.9. The first-order valence-corrected chi connectivity index (χ1v) is 11.9. The van der Waals surface area contributed by atoms with Gasteiger partial charge in [-0.05, 0) is 62.6 Å². The van der Waals surface area contributed by atoms with Gasteiger partial charge in [-0.2, -0.15) is 0 Å². The molecule has 3 rings (SSSR count). The molecule has 34 heavy (non-hydrogen) atoms. The first kappa shape index (κ1) is 25.4. The van der Waals surface area contributed by atoms with Crippen LogP contribution < -0.4 is 10.6 Å². The summed E-state index contributed by atoms with van der Waals surface area (Å²) in [4.78, 5) is 42.5. The van der Waals surface area contributed by atoms with E-state index in [1.807, 2.05) is 44.2 Å². The maximum Gasteiger partial charge on any atom is 0.303 e. The predicted molar refractivity (Wildman–Crippen MR) is 133 cm³/mol. The van der Waals surface area contributed by atoms with Crippen LogP contribution in [0.15, 0.2) is 60.9 Å². The van der Waals surface area contributed by atoms with Crippen LogP contribution in [0.2, 0.25) is 5.02 Å². The van der Waals surface area contributed by atoms with Crippen molar-refractivity contribution in [3.05, 3.63) is 76.4 Å². The molecule has 0 aliphatic rings. The SMILES string of the molecule is CC(C)(Cc1ccc(Cl)cc1)NC(=O)[C@H](CCC(=O)O)NC(=O)c1ccc(-c2cccnc2)s1. The molecule has 2 amide bonds. The van der Waals surface area contributed by atoms with Crippen molar-refractivity contribution in [1.82, 2.24) is 15.6 Å². The summed E-state index contributed by atoms with van der Waals surface area (Å²) in [6, 6.07) is 13.6. The molecule has 0 saturated carbocycles. The molecule has 0 spiro atoms. The summed E-state index contributed by atoms with van der Waals surface area (Å²) < 4.78 is 0. The highest BCUT2D eigenvalue weighted by Gasteiger charge is 2.28. The summed E-state index contributed by atoms with van der Waals surface area (Å²) in [6.45, 7) is 3.74. The van der Waals surface area contributed by atoms with E-state index in [-0.39, 0.29) is 12.8 Å². The van der Waals surface area contributed by atoms with Gasteiger partial charge in [0.05, 0.1) is 4.88 Å². The van der Waals surface area contributed by atoms with E-state index < -0.39 is 29.4 Å². The van der Waals surface area contributed by atoms with Crippen molar-refractivity contribution in [3.63, 3.8) is 0 Å². The molecule has 0 saturated heterocycles. The number of aromatic nitrogens is 1. The van der Waals surface area contributed by atoms with E-state index in [2.05, 4.69) is 15.6 Å². The summed E-state index contributed by atoms with van der Waals surface area (Å²) >= 11 is 7.22. The van der Waals surface area contributed by atoms with Gasteiger partial charge in [0, 0.05) is 39.8 Å². The van der Waals surface area contributed by atoms with Crippen LogP contribution in [0.25, 0.3) is 10.4 Å². The molecule has 9 heteroatoms. The zero-order chi connectivity index (χ0) is 24.7. The summed E-state index contributed by atoms with van der Waals surface area (Å²) in [5.41, 5.74) is 1.24. The second kappa shape index (κ2) is 11.3. The quantitative estimate of drug-likeness (QED) is 0.379. The highest BCUT2D eigenvalue weighted by molar-refractivity contribution is 7.17. The molecular formula is C25H26ClN3O4S. The largest absolute Gasteiger partial charge is 0.481 e. The van der Waals surface area contributed by atoms with Gasteiger partial charge in [-0.3, -0.25) is 19.4 Å². The number of amides is 2. The van der Waals surface area contributed by atoms with Crippen molar-refractivity contribution >= 4 is 40.7 Å². The smallest absolute Gasteiger partial charge is 0.303 e. The molecule has 3 N–H and O–H groups in total. The minimum Gasteiger partial charge on any atom is -0.481 e. The number of hydrogen-bond donors (Lipinski definition) is 3. The van der Waals surface area contributed by atoms with Crippen molar-refractivity contribution in [2.45, 2.75) is 44.7 Å². The van der Waals surface area contributed by atoms with Crippen LogP contribution in [0, 0.1) is 0 Å². The van der Waals surface area contributed by atoms with Gasteiger partial charge >= 0.3 is 5.97 Å². The number of nitrogens with zero attached hydrogens (tertiary/aromatic N) is 1.